The average Bonchev–Trinajstić information content (AvgIpc) is 3.04. The Kier molecular flexibility index (Phi) is 3.69. The molecule has 112 valence electrons. The second-order valence-corrected chi connectivity index (χ2v) is 5.76. The number of thioether (sulfide) groups is 1. The van der Waals surface area contributed by atoms with Crippen LogP contribution in [0.3, 0.4) is 0 Å². The summed E-state index contributed by atoms with van der Waals surface area (Å²) < 4.78 is 1.83. The molecule has 2 aromatic carbocycles. The summed E-state index contributed by atoms with van der Waals surface area (Å²) in [7, 11) is 0. The first kappa shape index (κ1) is 13.8. The summed E-state index contributed by atoms with van der Waals surface area (Å²) in [4.78, 5) is 4.36. The SMILES string of the molecule is c1ccc(-c2cnc(SCn3nnc4ccccc43)nn2)cc1. The first-order valence-corrected chi connectivity index (χ1v) is 8.05. The van der Waals surface area contributed by atoms with Crippen LogP contribution in [-0.4, -0.2) is 30.2 Å². The molecule has 0 radical (unpaired) electrons. The van der Waals surface area contributed by atoms with E-state index in [2.05, 4.69) is 25.5 Å². The van der Waals surface area contributed by atoms with Gasteiger partial charge >= 0.3 is 0 Å². The lowest BCUT2D eigenvalue weighted by atomic mass is 10.2. The van der Waals surface area contributed by atoms with Crippen LogP contribution in [0.2, 0.25) is 0 Å². The number of para-hydroxylation sites is 1. The predicted molar refractivity (Wildman–Crippen MR) is 88.6 cm³/mol. The third-order valence-electron chi connectivity index (χ3n) is 3.35. The summed E-state index contributed by atoms with van der Waals surface area (Å²) in [6.07, 6.45) is 1.74. The third-order valence-corrected chi connectivity index (χ3v) is 4.17. The van der Waals surface area contributed by atoms with Crippen molar-refractivity contribution in [3.63, 3.8) is 0 Å². The second-order valence-electron chi connectivity index (χ2n) is 4.84. The lowest BCUT2D eigenvalue weighted by Crippen LogP contribution is -1.99. The second kappa shape index (κ2) is 6.13. The maximum atomic E-state index is 4.36. The predicted octanol–water partition coefficient (Wildman–Crippen LogP) is 3.03. The zero-order valence-electron chi connectivity index (χ0n) is 12.1. The van der Waals surface area contributed by atoms with E-state index in [1.54, 1.807) is 6.20 Å². The van der Waals surface area contributed by atoms with Gasteiger partial charge in [0.15, 0.2) is 0 Å². The van der Waals surface area contributed by atoms with Crippen LogP contribution < -0.4 is 0 Å². The fourth-order valence-corrected chi connectivity index (χ4v) is 2.86. The maximum absolute atomic E-state index is 4.36. The van der Waals surface area contributed by atoms with Crippen molar-refractivity contribution < 1.29 is 0 Å². The number of hydrogen-bond acceptors (Lipinski definition) is 6. The highest BCUT2D eigenvalue weighted by Crippen LogP contribution is 2.19. The van der Waals surface area contributed by atoms with Gasteiger partial charge in [0.2, 0.25) is 5.16 Å². The Hall–Kier alpha value is -2.80. The molecule has 0 fully saturated rings. The van der Waals surface area contributed by atoms with Crippen LogP contribution in [0.5, 0.6) is 0 Å². The molecular weight excluding hydrogens is 308 g/mol. The van der Waals surface area contributed by atoms with Crippen molar-refractivity contribution in [1.82, 2.24) is 30.2 Å². The molecule has 6 nitrogen and oxygen atoms in total. The molecule has 0 saturated heterocycles. The molecule has 0 unspecified atom stereocenters. The van der Waals surface area contributed by atoms with Gasteiger partial charge in [-0.25, -0.2) is 9.67 Å². The first-order chi connectivity index (χ1) is 11.4. The summed E-state index contributed by atoms with van der Waals surface area (Å²) in [6, 6.07) is 17.7. The van der Waals surface area contributed by atoms with E-state index in [1.165, 1.54) is 11.8 Å². The fraction of sp³-hybridized carbons (Fsp3) is 0.0625. The minimum Gasteiger partial charge on any atom is -0.234 e. The Balaban J connectivity index is 1.49. The molecular formula is C16H12N6S. The van der Waals surface area contributed by atoms with E-state index in [4.69, 9.17) is 0 Å². The van der Waals surface area contributed by atoms with Crippen LogP contribution in [-0.2, 0) is 5.88 Å². The Morgan fingerprint density at radius 2 is 1.70 bits per heavy atom. The molecule has 0 amide bonds. The van der Waals surface area contributed by atoms with Gasteiger partial charge in [-0.2, -0.15) is 0 Å². The van der Waals surface area contributed by atoms with Crippen molar-refractivity contribution >= 4 is 22.8 Å². The van der Waals surface area contributed by atoms with Gasteiger partial charge in [-0.05, 0) is 12.1 Å². The molecule has 2 aromatic heterocycles. The van der Waals surface area contributed by atoms with Crippen LogP contribution in [0.1, 0.15) is 0 Å². The number of aromatic nitrogens is 6. The van der Waals surface area contributed by atoms with Gasteiger partial charge in [0, 0.05) is 5.56 Å². The van der Waals surface area contributed by atoms with Gasteiger partial charge in [-0.15, -0.1) is 15.3 Å². The normalized spacial score (nSPS) is 11.0. The average molecular weight is 320 g/mol. The summed E-state index contributed by atoms with van der Waals surface area (Å²) in [5, 5.41) is 17.3. The van der Waals surface area contributed by atoms with Crippen molar-refractivity contribution in [2.45, 2.75) is 11.0 Å². The number of nitrogens with zero attached hydrogens (tertiary/aromatic N) is 6. The van der Waals surface area contributed by atoms with E-state index in [0.29, 0.717) is 11.0 Å². The summed E-state index contributed by atoms with van der Waals surface area (Å²) >= 11 is 1.47. The van der Waals surface area contributed by atoms with E-state index >= 15 is 0 Å². The Labute approximate surface area is 136 Å². The number of fused-ring (bicyclic) bond motifs is 1. The molecule has 0 N–H and O–H groups in total. The molecule has 7 heteroatoms. The standard InChI is InChI=1S/C16H12N6S/c1-2-6-12(7-3-1)14-10-17-16(20-18-14)23-11-22-15-9-5-4-8-13(15)19-21-22/h1-10H,11H2. The van der Waals surface area contributed by atoms with E-state index in [-0.39, 0.29) is 0 Å². The Morgan fingerprint density at radius 1 is 0.870 bits per heavy atom. The molecule has 0 aliphatic heterocycles. The van der Waals surface area contributed by atoms with Gasteiger partial charge < -0.3 is 0 Å². The van der Waals surface area contributed by atoms with Gasteiger partial charge in [0.1, 0.15) is 11.2 Å². The van der Waals surface area contributed by atoms with Crippen molar-refractivity contribution in [3.05, 3.63) is 60.8 Å². The number of hydrogen-bond donors (Lipinski definition) is 0. The molecule has 4 aromatic rings. The van der Waals surface area contributed by atoms with Crippen molar-refractivity contribution in [3.8, 4) is 11.3 Å². The third kappa shape index (κ3) is 2.91. The summed E-state index contributed by atoms with van der Waals surface area (Å²) in [6.45, 7) is 0. The Morgan fingerprint density at radius 3 is 2.52 bits per heavy atom. The van der Waals surface area contributed by atoms with Crippen LogP contribution in [0, 0.1) is 0 Å². The smallest absolute Gasteiger partial charge is 0.210 e. The molecule has 4 rings (SSSR count). The molecule has 0 spiro atoms. The lowest BCUT2D eigenvalue weighted by Gasteiger charge is -2.02. The Bertz CT molecular complexity index is 920. The summed E-state index contributed by atoms with van der Waals surface area (Å²) in [5.74, 6) is 0.590. The van der Waals surface area contributed by atoms with E-state index < -0.39 is 0 Å². The van der Waals surface area contributed by atoms with Crippen molar-refractivity contribution in [1.29, 1.82) is 0 Å². The highest BCUT2D eigenvalue weighted by molar-refractivity contribution is 7.98. The first-order valence-electron chi connectivity index (χ1n) is 7.06. The molecule has 0 saturated carbocycles. The zero-order chi connectivity index (χ0) is 15.5. The van der Waals surface area contributed by atoms with E-state index in [9.17, 15) is 0 Å². The summed E-state index contributed by atoms with van der Waals surface area (Å²) in [5.41, 5.74) is 3.65. The highest BCUT2D eigenvalue weighted by Gasteiger charge is 2.06. The molecule has 0 aliphatic carbocycles. The molecule has 23 heavy (non-hydrogen) atoms. The molecule has 0 aliphatic rings. The van der Waals surface area contributed by atoms with E-state index in [1.807, 2.05) is 59.3 Å². The minimum absolute atomic E-state index is 0.590. The maximum Gasteiger partial charge on any atom is 0.210 e. The quantitative estimate of drug-likeness (QED) is 0.538. The fourth-order valence-electron chi connectivity index (χ4n) is 2.20. The minimum atomic E-state index is 0.590. The van der Waals surface area contributed by atoms with Crippen LogP contribution in [0.4, 0.5) is 0 Å². The van der Waals surface area contributed by atoms with Crippen LogP contribution in [0.25, 0.3) is 22.3 Å². The largest absolute Gasteiger partial charge is 0.234 e. The zero-order valence-corrected chi connectivity index (χ0v) is 12.9. The van der Waals surface area contributed by atoms with Crippen LogP contribution in [0.15, 0.2) is 66.0 Å². The van der Waals surface area contributed by atoms with Gasteiger partial charge in [0.25, 0.3) is 0 Å². The highest BCUT2D eigenvalue weighted by atomic mass is 32.2. The van der Waals surface area contributed by atoms with Crippen molar-refractivity contribution in [2.75, 3.05) is 0 Å². The van der Waals surface area contributed by atoms with Crippen LogP contribution >= 0.6 is 11.8 Å². The lowest BCUT2D eigenvalue weighted by molar-refractivity contribution is 0.718. The van der Waals surface area contributed by atoms with Gasteiger partial charge in [-0.3, -0.25) is 0 Å². The number of rotatable bonds is 4. The molecule has 0 atom stereocenters. The molecule has 0 bridgehead atoms. The van der Waals surface area contributed by atoms with E-state index in [0.717, 1.165) is 22.3 Å². The van der Waals surface area contributed by atoms with Crippen molar-refractivity contribution in [2.24, 2.45) is 0 Å². The molecule has 2 heterocycles. The van der Waals surface area contributed by atoms with Gasteiger partial charge in [0.05, 0.1) is 17.6 Å². The monoisotopic (exact) mass is 320 g/mol. The number of benzene rings is 2. The van der Waals surface area contributed by atoms with Gasteiger partial charge in [-0.1, -0.05) is 59.4 Å². The topological polar surface area (TPSA) is 69.4 Å².